The Labute approximate surface area is 107 Å². The van der Waals surface area contributed by atoms with Crippen LogP contribution >= 0.6 is 11.3 Å². The molecule has 1 amide bonds. The molecule has 0 atom stereocenters. The van der Waals surface area contributed by atoms with Crippen LogP contribution in [-0.4, -0.2) is 24.0 Å². The molecule has 0 radical (unpaired) electrons. The maximum atomic E-state index is 11.2. The first-order chi connectivity index (χ1) is 7.93. The minimum Gasteiger partial charge on any atom is -0.355 e. The molecule has 17 heavy (non-hydrogen) atoms. The highest BCUT2D eigenvalue weighted by Gasteiger charge is 2.17. The van der Waals surface area contributed by atoms with Gasteiger partial charge in [0, 0.05) is 29.6 Å². The molecule has 0 spiro atoms. The van der Waals surface area contributed by atoms with Crippen LogP contribution in [0.2, 0.25) is 0 Å². The van der Waals surface area contributed by atoms with Gasteiger partial charge >= 0.3 is 0 Å². The van der Waals surface area contributed by atoms with Gasteiger partial charge in [0.05, 0.1) is 11.6 Å². The van der Waals surface area contributed by atoms with E-state index in [4.69, 9.17) is 0 Å². The summed E-state index contributed by atoms with van der Waals surface area (Å²) in [6.45, 7) is 10.1. The second-order valence-corrected chi connectivity index (χ2v) is 6.05. The van der Waals surface area contributed by atoms with Crippen LogP contribution in [0.1, 0.15) is 37.6 Å². The number of amides is 1. The first kappa shape index (κ1) is 14.1. The molecular formula is C12H21N3OS. The summed E-state index contributed by atoms with van der Waals surface area (Å²) >= 11 is 1.70. The summed E-state index contributed by atoms with van der Waals surface area (Å²) in [5.74, 6) is 0.0352. The summed E-state index contributed by atoms with van der Waals surface area (Å²) in [6.07, 6.45) is 1.88. The van der Waals surface area contributed by atoms with Crippen molar-refractivity contribution in [2.24, 2.45) is 0 Å². The van der Waals surface area contributed by atoms with Crippen molar-refractivity contribution in [2.45, 2.75) is 39.7 Å². The summed E-state index contributed by atoms with van der Waals surface area (Å²) in [7, 11) is 0. The van der Waals surface area contributed by atoms with Gasteiger partial charge in [0.25, 0.3) is 0 Å². The van der Waals surface area contributed by atoms with Gasteiger partial charge in [-0.3, -0.25) is 4.79 Å². The zero-order chi connectivity index (χ0) is 12.9. The van der Waals surface area contributed by atoms with Crippen LogP contribution in [0.4, 0.5) is 0 Å². The number of carbonyl (C=O) groups is 1. The largest absolute Gasteiger partial charge is 0.355 e. The van der Waals surface area contributed by atoms with Gasteiger partial charge in [0.2, 0.25) is 5.91 Å². The van der Waals surface area contributed by atoms with Crippen LogP contribution in [0.25, 0.3) is 0 Å². The lowest BCUT2D eigenvalue weighted by atomic mass is 9.98. The average molecular weight is 255 g/mol. The predicted molar refractivity (Wildman–Crippen MR) is 71.2 cm³/mol. The van der Waals surface area contributed by atoms with Crippen molar-refractivity contribution in [3.8, 4) is 0 Å². The lowest BCUT2D eigenvalue weighted by Crippen LogP contribution is -2.33. The number of hydrogen-bond donors (Lipinski definition) is 2. The predicted octanol–water partition coefficient (Wildman–Crippen LogP) is 1.67. The van der Waals surface area contributed by atoms with Crippen LogP contribution in [0.5, 0.6) is 0 Å². The molecule has 0 saturated heterocycles. The van der Waals surface area contributed by atoms with E-state index in [-0.39, 0.29) is 11.3 Å². The monoisotopic (exact) mass is 255 g/mol. The third-order valence-electron chi connectivity index (χ3n) is 2.15. The molecule has 0 fully saturated rings. The number of nitrogens with one attached hydrogen (secondary N) is 2. The Hall–Kier alpha value is -0.940. The fourth-order valence-electron chi connectivity index (χ4n) is 1.29. The molecule has 2 N–H and O–H groups in total. The number of nitrogens with zero attached hydrogens (tertiary/aromatic N) is 1. The molecule has 5 heteroatoms. The van der Waals surface area contributed by atoms with E-state index in [2.05, 4.69) is 36.4 Å². The van der Waals surface area contributed by atoms with Gasteiger partial charge in [-0.2, -0.15) is 0 Å². The molecule has 0 aliphatic carbocycles. The van der Waals surface area contributed by atoms with Gasteiger partial charge in [-0.25, -0.2) is 4.98 Å². The number of aromatic nitrogens is 1. The minimum absolute atomic E-state index is 0.0352. The molecule has 0 unspecified atom stereocenters. The van der Waals surface area contributed by atoms with Crippen molar-refractivity contribution in [1.29, 1.82) is 0 Å². The van der Waals surface area contributed by atoms with Crippen LogP contribution in [-0.2, 0) is 16.8 Å². The Morgan fingerprint density at radius 1 is 1.47 bits per heavy atom. The summed E-state index contributed by atoms with van der Waals surface area (Å²) in [5, 5.41) is 6.99. The molecule has 1 aromatic heterocycles. The number of thiazole rings is 1. The lowest BCUT2D eigenvalue weighted by molar-refractivity contribution is -0.120. The molecule has 0 aliphatic heterocycles. The second kappa shape index (κ2) is 6.12. The molecule has 0 saturated carbocycles. The highest BCUT2D eigenvalue weighted by molar-refractivity contribution is 7.11. The van der Waals surface area contributed by atoms with Gasteiger partial charge in [-0.15, -0.1) is 11.3 Å². The van der Waals surface area contributed by atoms with Crippen molar-refractivity contribution in [2.75, 3.05) is 13.1 Å². The molecule has 0 aliphatic rings. The average Bonchev–Trinajstić information content (AvgIpc) is 2.66. The molecule has 96 valence electrons. The smallest absolute Gasteiger partial charge is 0.233 e. The third kappa shape index (κ3) is 4.83. The molecule has 1 rings (SSSR count). The maximum absolute atomic E-state index is 11.2. The highest BCUT2D eigenvalue weighted by Crippen LogP contribution is 2.26. The van der Waals surface area contributed by atoms with Gasteiger partial charge in [0.15, 0.2) is 0 Å². The first-order valence-electron chi connectivity index (χ1n) is 5.86. The Bertz CT molecular complexity index is 368. The summed E-state index contributed by atoms with van der Waals surface area (Å²) in [5.41, 5.74) is 0.0997. The highest BCUT2D eigenvalue weighted by atomic mass is 32.1. The number of likely N-dealkylation sites (N-methyl/N-ethyl adjacent to an activating group) is 1. The summed E-state index contributed by atoms with van der Waals surface area (Å²) < 4.78 is 0. The van der Waals surface area contributed by atoms with E-state index < -0.39 is 0 Å². The molecule has 1 aromatic rings. The van der Waals surface area contributed by atoms with Gasteiger partial charge in [-0.1, -0.05) is 20.8 Å². The number of carbonyl (C=O) groups excluding carboxylic acids is 1. The molecule has 1 heterocycles. The molecule has 0 aromatic carbocycles. The van der Waals surface area contributed by atoms with Gasteiger partial charge in [0.1, 0.15) is 0 Å². The zero-order valence-electron chi connectivity index (χ0n) is 11.0. The van der Waals surface area contributed by atoms with E-state index in [9.17, 15) is 4.79 Å². The van der Waals surface area contributed by atoms with Crippen LogP contribution in [0.3, 0.4) is 0 Å². The Kier molecular flexibility index (Phi) is 5.08. The topological polar surface area (TPSA) is 54.0 Å². The quantitative estimate of drug-likeness (QED) is 0.841. The van der Waals surface area contributed by atoms with Gasteiger partial charge in [-0.05, 0) is 6.92 Å². The standard InChI is InChI=1S/C12H21N3OS/c1-5-14-10(16)8-13-6-9-7-15-11(17-9)12(2,3)4/h7,13H,5-6,8H2,1-4H3,(H,14,16). The van der Waals surface area contributed by atoms with E-state index >= 15 is 0 Å². The van der Waals surface area contributed by atoms with Crippen LogP contribution in [0, 0.1) is 0 Å². The summed E-state index contributed by atoms with van der Waals surface area (Å²) in [4.78, 5) is 16.8. The van der Waals surface area contributed by atoms with Crippen molar-refractivity contribution >= 4 is 17.2 Å². The van der Waals surface area contributed by atoms with Crippen LogP contribution in [0.15, 0.2) is 6.20 Å². The lowest BCUT2D eigenvalue weighted by Gasteiger charge is -2.13. The maximum Gasteiger partial charge on any atom is 0.233 e. The normalized spacial score (nSPS) is 11.5. The van der Waals surface area contributed by atoms with Crippen LogP contribution < -0.4 is 10.6 Å². The van der Waals surface area contributed by atoms with Crippen molar-refractivity contribution in [1.82, 2.24) is 15.6 Å². The fourth-order valence-corrected chi connectivity index (χ4v) is 2.23. The Morgan fingerprint density at radius 2 is 2.18 bits per heavy atom. The van der Waals surface area contributed by atoms with E-state index in [0.717, 1.165) is 5.01 Å². The van der Waals surface area contributed by atoms with E-state index in [1.165, 1.54) is 4.88 Å². The van der Waals surface area contributed by atoms with E-state index in [1.807, 2.05) is 13.1 Å². The summed E-state index contributed by atoms with van der Waals surface area (Å²) in [6, 6.07) is 0. The van der Waals surface area contributed by atoms with E-state index in [1.54, 1.807) is 11.3 Å². The van der Waals surface area contributed by atoms with Crippen molar-refractivity contribution < 1.29 is 4.79 Å². The third-order valence-corrected chi connectivity index (χ3v) is 3.58. The SMILES string of the molecule is CCNC(=O)CNCc1cnc(C(C)(C)C)s1. The van der Waals surface area contributed by atoms with E-state index in [0.29, 0.717) is 19.6 Å². The fraction of sp³-hybridized carbons (Fsp3) is 0.667. The second-order valence-electron chi connectivity index (χ2n) is 4.94. The van der Waals surface area contributed by atoms with Crippen molar-refractivity contribution in [3.05, 3.63) is 16.1 Å². The molecule has 0 bridgehead atoms. The number of rotatable bonds is 5. The Balaban J connectivity index is 2.38. The first-order valence-corrected chi connectivity index (χ1v) is 6.67. The minimum atomic E-state index is 0.0352. The Morgan fingerprint density at radius 3 is 2.71 bits per heavy atom. The number of hydrogen-bond acceptors (Lipinski definition) is 4. The van der Waals surface area contributed by atoms with Gasteiger partial charge < -0.3 is 10.6 Å². The molecule has 4 nitrogen and oxygen atoms in total. The zero-order valence-corrected chi connectivity index (χ0v) is 11.8. The molecular weight excluding hydrogens is 234 g/mol. The van der Waals surface area contributed by atoms with Crippen molar-refractivity contribution in [3.63, 3.8) is 0 Å².